The van der Waals surface area contributed by atoms with Gasteiger partial charge in [-0.15, -0.1) is 0 Å². The lowest BCUT2D eigenvalue weighted by atomic mass is 9.87. The van der Waals surface area contributed by atoms with Crippen LogP contribution in [0.4, 0.5) is 5.69 Å². The predicted octanol–water partition coefficient (Wildman–Crippen LogP) is 3.88. The first-order valence-electron chi connectivity index (χ1n) is 7.47. The molecule has 0 bridgehead atoms. The van der Waals surface area contributed by atoms with E-state index < -0.39 is 5.60 Å². The normalized spacial score (nSPS) is 18.1. The molecular formula is C17H25NO2. The van der Waals surface area contributed by atoms with Crippen molar-refractivity contribution in [3.05, 3.63) is 29.3 Å². The fourth-order valence-corrected chi connectivity index (χ4v) is 2.66. The first kappa shape index (κ1) is 14.9. The van der Waals surface area contributed by atoms with E-state index in [-0.39, 0.29) is 11.9 Å². The van der Waals surface area contributed by atoms with E-state index in [2.05, 4.69) is 30.4 Å². The molecule has 0 aromatic heterocycles. The van der Waals surface area contributed by atoms with Gasteiger partial charge in [-0.1, -0.05) is 19.1 Å². The van der Waals surface area contributed by atoms with Gasteiger partial charge in [-0.3, -0.25) is 4.79 Å². The summed E-state index contributed by atoms with van der Waals surface area (Å²) < 4.78 is 5.45. The van der Waals surface area contributed by atoms with Crippen molar-refractivity contribution in [1.82, 2.24) is 0 Å². The number of anilines is 1. The second-order valence-electron chi connectivity index (χ2n) is 6.48. The molecular weight excluding hydrogens is 250 g/mol. The molecule has 0 radical (unpaired) electrons. The van der Waals surface area contributed by atoms with Crippen LogP contribution in [0.15, 0.2) is 18.2 Å². The Labute approximate surface area is 121 Å². The van der Waals surface area contributed by atoms with E-state index >= 15 is 0 Å². The minimum absolute atomic E-state index is 0.0998. The van der Waals surface area contributed by atoms with Crippen LogP contribution in [-0.2, 0) is 16.0 Å². The van der Waals surface area contributed by atoms with Crippen molar-refractivity contribution in [3.63, 3.8) is 0 Å². The number of benzene rings is 1. The predicted molar refractivity (Wildman–Crippen MR) is 82.1 cm³/mol. The number of hydrogen-bond donors (Lipinski definition) is 1. The van der Waals surface area contributed by atoms with E-state index in [1.54, 1.807) is 0 Å². The molecule has 1 atom stereocenters. The summed E-state index contributed by atoms with van der Waals surface area (Å²) in [5, 5.41) is 3.41. The number of esters is 1. The minimum Gasteiger partial charge on any atom is -0.460 e. The maximum Gasteiger partial charge on any atom is 0.306 e. The highest BCUT2D eigenvalue weighted by molar-refractivity contribution is 5.72. The fourth-order valence-electron chi connectivity index (χ4n) is 2.66. The Morgan fingerprint density at radius 1 is 1.40 bits per heavy atom. The summed E-state index contributed by atoms with van der Waals surface area (Å²) in [7, 11) is 0. The highest BCUT2D eigenvalue weighted by atomic mass is 16.6. The number of ether oxygens (including phenoxy) is 1. The van der Waals surface area contributed by atoms with Crippen LogP contribution in [0.2, 0.25) is 0 Å². The van der Waals surface area contributed by atoms with Gasteiger partial charge < -0.3 is 10.1 Å². The Bertz CT molecular complexity index is 488. The molecule has 1 aliphatic rings. The molecule has 1 aliphatic heterocycles. The highest BCUT2D eigenvalue weighted by Crippen LogP contribution is 2.35. The molecule has 110 valence electrons. The summed E-state index contributed by atoms with van der Waals surface area (Å²) in [4.78, 5) is 12.0. The number of nitrogens with one attached hydrogen (secondary N) is 1. The molecule has 1 aromatic rings. The van der Waals surface area contributed by atoms with Crippen LogP contribution in [0.25, 0.3) is 0 Å². The average molecular weight is 275 g/mol. The first-order chi connectivity index (χ1) is 9.39. The van der Waals surface area contributed by atoms with Crippen LogP contribution in [0.3, 0.4) is 0 Å². The van der Waals surface area contributed by atoms with Crippen molar-refractivity contribution in [1.29, 1.82) is 0 Å². The summed E-state index contributed by atoms with van der Waals surface area (Å²) in [5.41, 5.74) is 3.35. The maximum absolute atomic E-state index is 12.0. The molecule has 3 heteroatoms. The molecule has 2 rings (SSSR count). The van der Waals surface area contributed by atoms with Crippen LogP contribution < -0.4 is 5.32 Å². The number of carbonyl (C=O) groups excluding carboxylic acids is 1. The van der Waals surface area contributed by atoms with Crippen molar-refractivity contribution < 1.29 is 9.53 Å². The van der Waals surface area contributed by atoms with Gasteiger partial charge in [0.05, 0.1) is 6.42 Å². The van der Waals surface area contributed by atoms with Gasteiger partial charge in [-0.05, 0) is 56.7 Å². The summed E-state index contributed by atoms with van der Waals surface area (Å²) >= 11 is 0. The second-order valence-corrected chi connectivity index (χ2v) is 6.48. The minimum atomic E-state index is -0.405. The van der Waals surface area contributed by atoms with Crippen LogP contribution in [0, 0.1) is 0 Å². The average Bonchev–Trinajstić information content (AvgIpc) is 2.36. The fraction of sp³-hybridized carbons (Fsp3) is 0.588. The van der Waals surface area contributed by atoms with Gasteiger partial charge in [-0.25, -0.2) is 0 Å². The van der Waals surface area contributed by atoms with E-state index in [1.807, 2.05) is 20.8 Å². The van der Waals surface area contributed by atoms with Crippen LogP contribution >= 0.6 is 0 Å². The van der Waals surface area contributed by atoms with Crippen molar-refractivity contribution in [2.24, 2.45) is 0 Å². The molecule has 0 amide bonds. The maximum atomic E-state index is 12.0. The van der Waals surface area contributed by atoms with Gasteiger partial charge >= 0.3 is 5.97 Å². The molecule has 0 saturated heterocycles. The lowest BCUT2D eigenvalue weighted by Crippen LogP contribution is -2.26. The number of hydrogen-bond acceptors (Lipinski definition) is 3. The van der Waals surface area contributed by atoms with Crippen LogP contribution in [-0.4, -0.2) is 18.1 Å². The van der Waals surface area contributed by atoms with Crippen molar-refractivity contribution in [3.8, 4) is 0 Å². The molecule has 0 saturated carbocycles. The summed E-state index contributed by atoms with van der Waals surface area (Å²) in [5.74, 6) is 0.171. The summed E-state index contributed by atoms with van der Waals surface area (Å²) in [6.45, 7) is 8.82. The third kappa shape index (κ3) is 3.75. The topological polar surface area (TPSA) is 38.3 Å². The van der Waals surface area contributed by atoms with Gasteiger partial charge in [0.1, 0.15) is 5.60 Å². The van der Waals surface area contributed by atoms with E-state index in [0.29, 0.717) is 6.42 Å². The monoisotopic (exact) mass is 275 g/mol. The number of fused-ring (bicyclic) bond motifs is 1. The van der Waals surface area contributed by atoms with Crippen LogP contribution in [0.5, 0.6) is 0 Å². The van der Waals surface area contributed by atoms with Gasteiger partial charge in [0.15, 0.2) is 0 Å². The Hall–Kier alpha value is -1.51. The van der Waals surface area contributed by atoms with Crippen LogP contribution in [0.1, 0.15) is 57.6 Å². The number of aryl methyl sites for hydroxylation is 1. The van der Waals surface area contributed by atoms with Gasteiger partial charge in [0.25, 0.3) is 0 Å². The molecule has 0 aliphatic carbocycles. The Morgan fingerprint density at radius 2 is 2.15 bits per heavy atom. The summed E-state index contributed by atoms with van der Waals surface area (Å²) in [6, 6.07) is 6.52. The molecule has 1 N–H and O–H groups in total. The molecule has 1 unspecified atom stereocenters. The third-order valence-corrected chi connectivity index (χ3v) is 3.61. The van der Waals surface area contributed by atoms with E-state index in [1.165, 1.54) is 16.8 Å². The largest absolute Gasteiger partial charge is 0.460 e. The van der Waals surface area contributed by atoms with Crippen molar-refractivity contribution >= 4 is 11.7 Å². The highest BCUT2D eigenvalue weighted by Gasteiger charge is 2.25. The van der Waals surface area contributed by atoms with Crippen molar-refractivity contribution in [2.45, 2.75) is 58.5 Å². The number of carbonyl (C=O) groups is 1. The molecule has 1 aromatic carbocycles. The zero-order chi connectivity index (χ0) is 14.8. The lowest BCUT2D eigenvalue weighted by molar-refractivity contribution is -0.155. The Kier molecular flexibility index (Phi) is 4.36. The SMILES string of the molecule is CCc1ccc2c(c1)C(CC(=O)OC(C)(C)C)CCN2. The number of rotatable bonds is 3. The lowest BCUT2D eigenvalue weighted by Gasteiger charge is -2.28. The molecule has 0 fully saturated rings. The quantitative estimate of drug-likeness (QED) is 0.851. The smallest absolute Gasteiger partial charge is 0.306 e. The third-order valence-electron chi connectivity index (χ3n) is 3.61. The van der Waals surface area contributed by atoms with E-state index in [0.717, 1.165) is 19.4 Å². The standard InChI is InChI=1S/C17H25NO2/c1-5-12-6-7-15-14(10-12)13(8-9-18-15)11-16(19)20-17(2,3)4/h6-7,10,13,18H,5,8-9,11H2,1-4H3. The second kappa shape index (κ2) is 5.86. The van der Waals surface area contributed by atoms with E-state index in [9.17, 15) is 4.79 Å². The Morgan fingerprint density at radius 3 is 2.80 bits per heavy atom. The molecule has 0 spiro atoms. The summed E-state index contributed by atoms with van der Waals surface area (Å²) in [6.07, 6.45) is 2.48. The zero-order valence-corrected chi connectivity index (χ0v) is 13.0. The van der Waals surface area contributed by atoms with Gasteiger partial charge in [0, 0.05) is 12.2 Å². The van der Waals surface area contributed by atoms with Crippen molar-refractivity contribution in [2.75, 3.05) is 11.9 Å². The first-order valence-corrected chi connectivity index (χ1v) is 7.47. The molecule has 1 heterocycles. The van der Waals surface area contributed by atoms with E-state index in [4.69, 9.17) is 4.74 Å². The Balaban J connectivity index is 2.13. The van der Waals surface area contributed by atoms with Gasteiger partial charge in [-0.2, -0.15) is 0 Å². The molecule has 20 heavy (non-hydrogen) atoms. The zero-order valence-electron chi connectivity index (χ0n) is 13.0. The molecule has 3 nitrogen and oxygen atoms in total. The van der Waals surface area contributed by atoms with Gasteiger partial charge in [0.2, 0.25) is 0 Å².